The molecule has 0 bridgehead atoms. The van der Waals surface area contributed by atoms with Crippen molar-refractivity contribution in [2.45, 2.75) is 32.2 Å². The minimum absolute atomic E-state index is 0.179. The smallest absolute Gasteiger partial charge is 0.327 e. The Morgan fingerprint density at radius 2 is 2.08 bits per heavy atom. The highest BCUT2D eigenvalue weighted by Gasteiger charge is 2.43. The lowest BCUT2D eigenvalue weighted by Gasteiger charge is -2.26. The minimum Gasteiger partial charge on any atom is -0.468 e. The molecule has 128 valence electrons. The molecule has 0 N–H and O–H groups in total. The van der Waals surface area contributed by atoms with Gasteiger partial charge in [0.1, 0.15) is 6.04 Å². The molecule has 1 saturated heterocycles. The fourth-order valence-corrected chi connectivity index (χ4v) is 4.07. The summed E-state index contributed by atoms with van der Waals surface area (Å²) in [5.41, 5.74) is 3.73. The average molecular weight is 325 g/mol. The highest BCUT2D eigenvalue weighted by Crippen LogP contribution is 2.44. The molecule has 0 saturated carbocycles. The minimum atomic E-state index is -0.318. The number of fused-ring (bicyclic) bond motifs is 1. The number of ether oxygens (including phenoxy) is 1. The normalized spacial score (nSPS) is 24.6. The van der Waals surface area contributed by atoms with Gasteiger partial charge in [0.05, 0.1) is 7.11 Å². The van der Waals surface area contributed by atoms with Gasteiger partial charge in [-0.1, -0.05) is 56.3 Å². The predicted octanol–water partition coefficient (Wildman–Crippen LogP) is 4.14. The van der Waals surface area contributed by atoms with Crippen molar-refractivity contribution in [3.05, 3.63) is 59.7 Å². The van der Waals surface area contributed by atoms with E-state index in [1.807, 2.05) is 30.3 Å². The zero-order valence-electron chi connectivity index (χ0n) is 14.7. The first-order valence-corrected chi connectivity index (χ1v) is 8.92. The summed E-state index contributed by atoms with van der Waals surface area (Å²) in [6.45, 7) is 8.35. The van der Waals surface area contributed by atoms with Crippen LogP contribution >= 0.6 is 0 Å². The van der Waals surface area contributed by atoms with Gasteiger partial charge in [0.2, 0.25) is 0 Å². The van der Waals surface area contributed by atoms with Crippen molar-refractivity contribution in [3.8, 4) is 0 Å². The number of unbranched alkanes of at least 4 members (excludes halogenated alkanes) is 1. The molecule has 1 aromatic rings. The van der Waals surface area contributed by atoms with Crippen LogP contribution in [0.5, 0.6) is 0 Å². The number of allylic oxidation sites excluding steroid dienone is 1. The van der Waals surface area contributed by atoms with Gasteiger partial charge in [0, 0.05) is 19.0 Å². The molecule has 1 aliphatic heterocycles. The van der Waals surface area contributed by atoms with E-state index in [0.717, 1.165) is 25.1 Å². The number of likely N-dealkylation sites (tertiary alicyclic amines) is 1. The molecule has 1 heterocycles. The van der Waals surface area contributed by atoms with Crippen LogP contribution in [0, 0.1) is 11.8 Å². The number of hydrogen-bond donors (Lipinski definition) is 0. The molecular formula is C21H27NO2. The van der Waals surface area contributed by atoms with Gasteiger partial charge in [-0.3, -0.25) is 4.90 Å². The molecule has 3 heteroatoms. The summed E-state index contributed by atoms with van der Waals surface area (Å²) in [6.07, 6.45) is 5.98. The quantitative estimate of drug-likeness (QED) is 0.736. The van der Waals surface area contributed by atoms with Gasteiger partial charge in [-0.15, -0.1) is 0 Å². The summed E-state index contributed by atoms with van der Waals surface area (Å²) in [7, 11) is 1.47. The molecule has 3 rings (SSSR count). The van der Waals surface area contributed by atoms with E-state index in [2.05, 4.69) is 24.5 Å². The maximum absolute atomic E-state index is 12.4. The second-order valence-corrected chi connectivity index (χ2v) is 6.88. The third-order valence-corrected chi connectivity index (χ3v) is 5.37. The van der Waals surface area contributed by atoms with Gasteiger partial charge < -0.3 is 4.74 Å². The van der Waals surface area contributed by atoms with E-state index in [9.17, 15) is 4.79 Å². The number of hydrogen-bond acceptors (Lipinski definition) is 3. The predicted molar refractivity (Wildman–Crippen MR) is 96.5 cm³/mol. The van der Waals surface area contributed by atoms with Crippen molar-refractivity contribution in [2.24, 2.45) is 11.8 Å². The van der Waals surface area contributed by atoms with Crippen molar-refractivity contribution in [2.75, 3.05) is 20.2 Å². The lowest BCUT2D eigenvalue weighted by molar-refractivity contribution is -0.147. The first kappa shape index (κ1) is 17.0. The van der Waals surface area contributed by atoms with Crippen LogP contribution in [0.25, 0.3) is 0 Å². The molecular weight excluding hydrogens is 298 g/mol. The molecule has 1 aromatic carbocycles. The molecule has 1 fully saturated rings. The molecule has 3 nitrogen and oxygen atoms in total. The van der Waals surface area contributed by atoms with E-state index in [1.54, 1.807) is 0 Å². The first-order valence-electron chi connectivity index (χ1n) is 8.92. The van der Waals surface area contributed by atoms with Gasteiger partial charge in [-0.05, 0) is 35.5 Å². The summed E-state index contributed by atoms with van der Waals surface area (Å²) in [5, 5.41) is 0. The van der Waals surface area contributed by atoms with Crippen LogP contribution in [-0.2, 0) is 9.53 Å². The largest absolute Gasteiger partial charge is 0.468 e. The van der Waals surface area contributed by atoms with E-state index in [4.69, 9.17) is 4.74 Å². The Morgan fingerprint density at radius 1 is 1.33 bits per heavy atom. The number of esters is 1. The maximum atomic E-state index is 12.4. The van der Waals surface area contributed by atoms with E-state index in [1.165, 1.54) is 31.1 Å². The maximum Gasteiger partial charge on any atom is 0.327 e. The molecule has 0 spiro atoms. The summed E-state index contributed by atoms with van der Waals surface area (Å²) in [5.74, 6) is 0.759. The van der Waals surface area contributed by atoms with Gasteiger partial charge in [0.15, 0.2) is 0 Å². The van der Waals surface area contributed by atoms with Crippen molar-refractivity contribution in [1.82, 2.24) is 4.90 Å². The molecule has 24 heavy (non-hydrogen) atoms. The van der Waals surface area contributed by atoms with Gasteiger partial charge >= 0.3 is 5.97 Å². The standard InChI is InChI=1S/C21H27NO2/c1-4-5-9-17-12-18-13-22(14-19(18)15(17)2)20(21(23)24-3)16-10-7-6-8-11-16/h6-8,10-12,18-20H,2,4-5,9,13-14H2,1,3H3/t18-,19?,20?/m0/s1. The van der Waals surface area contributed by atoms with Crippen molar-refractivity contribution in [3.63, 3.8) is 0 Å². The average Bonchev–Trinajstić information content (AvgIpc) is 3.13. The lowest BCUT2D eigenvalue weighted by atomic mass is 9.94. The highest BCUT2D eigenvalue weighted by atomic mass is 16.5. The Kier molecular flexibility index (Phi) is 5.20. The van der Waals surface area contributed by atoms with Crippen molar-refractivity contribution in [1.29, 1.82) is 0 Å². The molecule has 1 aliphatic carbocycles. The molecule has 0 aromatic heterocycles. The molecule has 0 radical (unpaired) electrons. The Hall–Kier alpha value is -1.87. The summed E-state index contributed by atoms with van der Waals surface area (Å²) >= 11 is 0. The SMILES string of the molecule is C=C1C(CCCC)=C[C@H]2CN(C(C(=O)OC)c3ccccc3)CC12. The molecule has 0 amide bonds. The van der Waals surface area contributed by atoms with Gasteiger partial charge in [0.25, 0.3) is 0 Å². The Balaban J connectivity index is 1.78. The zero-order valence-corrected chi connectivity index (χ0v) is 14.7. The number of carbonyl (C=O) groups is 1. The summed E-state index contributed by atoms with van der Waals surface area (Å²) in [6, 6.07) is 9.62. The third kappa shape index (κ3) is 3.18. The Labute approximate surface area is 145 Å². The van der Waals surface area contributed by atoms with Crippen LogP contribution in [0.4, 0.5) is 0 Å². The van der Waals surface area contributed by atoms with E-state index >= 15 is 0 Å². The fourth-order valence-electron chi connectivity index (χ4n) is 4.07. The molecule has 3 atom stereocenters. The summed E-state index contributed by atoms with van der Waals surface area (Å²) < 4.78 is 5.08. The van der Waals surface area contributed by atoms with Crippen molar-refractivity contribution < 1.29 is 9.53 Å². The van der Waals surface area contributed by atoms with Crippen LogP contribution < -0.4 is 0 Å². The van der Waals surface area contributed by atoms with E-state index < -0.39 is 0 Å². The Bertz CT molecular complexity index is 634. The summed E-state index contributed by atoms with van der Waals surface area (Å²) in [4.78, 5) is 14.7. The van der Waals surface area contributed by atoms with E-state index in [0.29, 0.717) is 11.8 Å². The topological polar surface area (TPSA) is 29.5 Å². The number of methoxy groups -OCH3 is 1. The van der Waals surface area contributed by atoms with E-state index in [-0.39, 0.29) is 12.0 Å². The second kappa shape index (κ2) is 7.35. The molecule has 2 aliphatic rings. The molecule has 2 unspecified atom stereocenters. The van der Waals surface area contributed by atoms with Crippen LogP contribution in [0.2, 0.25) is 0 Å². The fraction of sp³-hybridized carbons (Fsp3) is 0.476. The Morgan fingerprint density at radius 3 is 2.71 bits per heavy atom. The third-order valence-electron chi connectivity index (χ3n) is 5.37. The number of carbonyl (C=O) groups excluding carboxylic acids is 1. The first-order chi connectivity index (χ1) is 11.7. The van der Waals surface area contributed by atoms with Crippen LogP contribution in [0.15, 0.2) is 54.1 Å². The lowest BCUT2D eigenvalue weighted by Crippen LogP contribution is -2.34. The number of rotatable bonds is 6. The number of nitrogens with zero attached hydrogens (tertiary/aromatic N) is 1. The van der Waals surface area contributed by atoms with Crippen molar-refractivity contribution >= 4 is 5.97 Å². The van der Waals surface area contributed by atoms with Crippen LogP contribution in [0.3, 0.4) is 0 Å². The monoisotopic (exact) mass is 325 g/mol. The second-order valence-electron chi connectivity index (χ2n) is 6.88. The van der Waals surface area contributed by atoms with Crippen LogP contribution in [-0.4, -0.2) is 31.1 Å². The van der Waals surface area contributed by atoms with Gasteiger partial charge in [-0.25, -0.2) is 4.79 Å². The number of benzene rings is 1. The van der Waals surface area contributed by atoms with Crippen LogP contribution in [0.1, 0.15) is 37.8 Å². The van der Waals surface area contributed by atoms with Gasteiger partial charge in [-0.2, -0.15) is 0 Å². The zero-order chi connectivity index (χ0) is 17.1. The highest BCUT2D eigenvalue weighted by molar-refractivity contribution is 5.77.